The first-order valence-corrected chi connectivity index (χ1v) is 7.50. The summed E-state index contributed by atoms with van der Waals surface area (Å²) in [7, 11) is 1.47. The fourth-order valence-corrected chi connectivity index (χ4v) is 2.20. The van der Waals surface area contributed by atoms with Crippen molar-refractivity contribution in [3.63, 3.8) is 0 Å². The maximum Gasteiger partial charge on any atom is 0.361 e. The number of aromatic nitrogens is 3. The van der Waals surface area contributed by atoms with Gasteiger partial charge in [0.05, 0.1) is 24.6 Å². The van der Waals surface area contributed by atoms with Crippen LogP contribution >= 0.6 is 0 Å². The minimum atomic E-state index is -0.717. The number of rotatable bonds is 6. The number of ketones is 1. The van der Waals surface area contributed by atoms with E-state index in [1.807, 2.05) is 18.2 Å². The molecule has 0 aliphatic rings. The molecule has 0 aliphatic heterocycles. The molecule has 1 heterocycles. The maximum absolute atomic E-state index is 12.2. The Kier molecular flexibility index (Phi) is 4.84. The van der Waals surface area contributed by atoms with E-state index < -0.39 is 12.6 Å². The van der Waals surface area contributed by atoms with Crippen molar-refractivity contribution in [2.75, 3.05) is 13.7 Å². The summed E-state index contributed by atoms with van der Waals surface area (Å²) >= 11 is 0. The first-order valence-electron chi connectivity index (χ1n) is 7.50. The molecule has 0 saturated carbocycles. The van der Waals surface area contributed by atoms with E-state index in [0.717, 1.165) is 0 Å². The maximum atomic E-state index is 12.2. The van der Waals surface area contributed by atoms with Crippen LogP contribution in [0.25, 0.3) is 5.69 Å². The van der Waals surface area contributed by atoms with Crippen molar-refractivity contribution in [3.8, 4) is 11.4 Å². The lowest BCUT2D eigenvalue weighted by Gasteiger charge is -2.07. The van der Waals surface area contributed by atoms with Gasteiger partial charge in [0.15, 0.2) is 12.3 Å². The summed E-state index contributed by atoms with van der Waals surface area (Å²) in [5.74, 6) is -0.648. The van der Waals surface area contributed by atoms with Crippen molar-refractivity contribution in [1.82, 2.24) is 15.0 Å². The molecule has 0 aliphatic carbocycles. The fraction of sp³-hybridized carbons (Fsp3) is 0.111. The third-order valence-electron chi connectivity index (χ3n) is 3.43. The predicted octanol–water partition coefficient (Wildman–Crippen LogP) is 2.32. The zero-order valence-electron chi connectivity index (χ0n) is 13.5. The number of carbonyl (C=O) groups is 2. The molecule has 3 rings (SSSR count). The summed E-state index contributed by atoms with van der Waals surface area (Å²) in [5.41, 5.74) is 1.09. The highest BCUT2D eigenvalue weighted by molar-refractivity contribution is 6.01. The van der Waals surface area contributed by atoms with Gasteiger partial charge in [0.2, 0.25) is 5.78 Å². The molecule has 0 N–H and O–H groups in total. The first-order chi connectivity index (χ1) is 12.2. The standard InChI is InChI=1S/C18H15N3O4/c1-24-17-10-6-5-9-14(17)16(22)12-25-18(23)15-11-19-21(20-15)13-7-3-2-4-8-13/h2-11H,12H2,1H3. The van der Waals surface area contributed by atoms with Crippen molar-refractivity contribution < 1.29 is 19.1 Å². The van der Waals surface area contributed by atoms with Gasteiger partial charge in [-0.15, -0.1) is 5.10 Å². The van der Waals surface area contributed by atoms with Crippen LogP contribution in [-0.2, 0) is 4.74 Å². The summed E-state index contributed by atoms with van der Waals surface area (Å²) < 4.78 is 10.2. The molecule has 0 atom stereocenters. The van der Waals surface area contributed by atoms with E-state index in [1.54, 1.807) is 36.4 Å². The molecular formula is C18H15N3O4. The van der Waals surface area contributed by atoms with Gasteiger partial charge in [-0.05, 0) is 24.3 Å². The quantitative estimate of drug-likeness (QED) is 0.507. The normalized spacial score (nSPS) is 10.3. The van der Waals surface area contributed by atoms with Gasteiger partial charge < -0.3 is 9.47 Å². The molecule has 0 spiro atoms. The molecule has 1 aromatic heterocycles. The van der Waals surface area contributed by atoms with Crippen molar-refractivity contribution >= 4 is 11.8 Å². The Bertz CT molecular complexity index is 890. The summed E-state index contributed by atoms with van der Waals surface area (Å²) in [6.45, 7) is -0.405. The Labute approximate surface area is 143 Å². The van der Waals surface area contributed by atoms with Gasteiger partial charge in [-0.3, -0.25) is 4.79 Å². The predicted molar refractivity (Wildman–Crippen MR) is 89.0 cm³/mol. The van der Waals surface area contributed by atoms with E-state index in [2.05, 4.69) is 10.2 Å². The lowest BCUT2D eigenvalue weighted by molar-refractivity contribution is 0.0467. The number of nitrogens with zero attached hydrogens (tertiary/aromatic N) is 3. The fourth-order valence-electron chi connectivity index (χ4n) is 2.20. The SMILES string of the molecule is COc1ccccc1C(=O)COC(=O)c1cnn(-c2ccccc2)n1. The summed E-state index contributed by atoms with van der Waals surface area (Å²) in [6, 6.07) is 15.9. The van der Waals surface area contributed by atoms with Crippen LogP contribution in [0.1, 0.15) is 20.8 Å². The second kappa shape index (κ2) is 7.39. The molecular weight excluding hydrogens is 322 g/mol. The first kappa shape index (κ1) is 16.4. The van der Waals surface area contributed by atoms with Crippen LogP contribution in [0.3, 0.4) is 0 Å². The number of esters is 1. The van der Waals surface area contributed by atoms with Gasteiger partial charge in [-0.2, -0.15) is 9.90 Å². The van der Waals surface area contributed by atoms with Crippen LogP contribution in [0.15, 0.2) is 60.8 Å². The van der Waals surface area contributed by atoms with Gasteiger partial charge in [0, 0.05) is 0 Å². The Morgan fingerprint density at radius 3 is 2.52 bits per heavy atom. The summed E-state index contributed by atoms with van der Waals surface area (Å²) in [5, 5.41) is 8.08. The number of para-hydroxylation sites is 2. The molecule has 7 heteroatoms. The number of benzene rings is 2. The van der Waals surface area contributed by atoms with Crippen LogP contribution < -0.4 is 4.74 Å². The zero-order valence-corrected chi connectivity index (χ0v) is 13.5. The lowest BCUT2D eigenvalue weighted by atomic mass is 10.1. The Morgan fingerprint density at radius 1 is 1.04 bits per heavy atom. The highest BCUT2D eigenvalue weighted by Gasteiger charge is 2.17. The van der Waals surface area contributed by atoms with Crippen molar-refractivity contribution in [3.05, 3.63) is 72.1 Å². The molecule has 0 saturated heterocycles. The molecule has 2 aromatic carbocycles. The molecule has 126 valence electrons. The molecule has 3 aromatic rings. The van der Waals surface area contributed by atoms with Crippen molar-refractivity contribution in [2.45, 2.75) is 0 Å². The average molecular weight is 337 g/mol. The Morgan fingerprint density at radius 2 is 1.76 bits per heavy atom. The highest BCUT2D eigenvalue weighted by atomic mass is 16.5. The second-order valence-electron chi connectivity index (χ2n) is 5.05. The minimum absolute atomic E-state index is 0.0247. The van der Waals surface area contributed by atoms with E-state index in [0.29, 0.717) is 17.0 Å². The smallest absolute Gasteiger partial charge is 0.361 e. The number of carbonyl (C=O) groups excluding carboxylic acids is 2. The molecule has 0 unspecified atom stereocenters. The molecule has 0 bridgehead atoms. The molecule has 0 fully saturated rings. The second-order valence-corrected chi connectivity index (χ2v) is 5.05. The number of hydrogen-bond donors (Lipinski definition) is 0. The average Bonchev–Trinajstić information content (AvgIpc) is 3.17. The number of ether oxygens (including phenoxy) is 2. The third-order valence-corrected chi connectivity index (χ3v) is 3.43. The van der Waals surface area contributed by atoms with E-state index in [9.17, 15) is 9.59 Å². The minimum Gasteiger partial charge on any atom is -0.496 e. The molecule has 25 heavy (non-hydrogen) atoms. The van der Waals surface area contributed by atoms with Crippen LogP contribution in [0.2, 0.25) is 0 Å². The van der Waals surface area contributed by atoms with Gasteiger partial charge in [0.1, 0.15) is 5.75 Å². The highest BCUT2D eigenvalue weighted by Crippen LogP contribution is 2.18. The topological polar surface area (TPSA) is 83.3 Å². The van der Waals surface area contributed by atoms with E-state index in [1.165, 1.54) is 18.1 Å². The zero-order chi connectivity index (χ0) is 17.6. The van der Waals surface area contributed by atoms with E-state index in [-0.39, 0.29) is 11.5 Å². The molecule has 0 amide bonds. The summed E-state index contributed by atoms with van der Waals surface area (Å²) in [4.78, 5) is 25.6. The number of hydrogen-bond acceptors (Lipinski definition) is 6. The van der Waals surface area contributed by atoms with Crippen molar-refractivity contribution in [2.24, 2.45) is 0 Å². The van der Waals surface area contributed by atoms with Gasteiger partial charge in [-0.1, -0.05) is 30.3 Å². The largest absolute Gasteiger partial charge is 0.496 e. The molecule has 0 radical (unpaired) electrons. The lowest BCUT2D eigenvalue weighted by Crippen LogP contribution is -2.15. The van der Waals surface area contributed by atoms with Crippen LogP contribution in [0.4, 0.5) is 0 Å². The number of methoxy groups -OCH3 is 1. The summed E-state index contributed by atoms with van der Waals surface area (Å²) in [6.07, 6.45) is 1.29. The van der Waals surface area contributed by atoms with Gasteiger partial charge in [0.25, 0.3) is 0 Å². The van der Waals surface area contributed by atoms with Crippen LogP contribution in [-0.4, -0.2) is 40.5 Å². The van der Waals surface area contributed by atoms with Gasteiger partial charge in [-0.25, -0.2) is 4.79 Å². The van der Waals surface area contributed by atoms with Crippen molar-refractivity contribution in [1.29, 1.82) is 0 Å². The van der Waals surface area contributed by atoms with Crippen LogP contribution in [0, 0.1) is 0 Å². The monoisotopic (exact) mass is 337 g/mol. The molecule has 7 nitrogen and oxygen atoms in total. The van der Waals surface area contributed by atoms with E-state index >= 15 is 0 Å². The Balaban J connectivity index is 1.65. The number of Topliss-reactive ketones (excluding diaryl/α,β-unsaturated/α-hetero) is 1. The third kappa shape index (κ3) is 3.72. The van der Waals surface area contributed by atoms with Crippen LogP contribution in [0.5, 0.6) is 5.75 Å². The van der Waals surface area contributed by atoms with E-state index in [4.69, 9.17) is 9.47 Å². The van der Waals surface area contributed by atoms with Gasteiger partial charge >= 0.3 is 5.97 Å². The Hall–Kier alpha value is -3.48.